The fourth-order valence-electron chi connectivity index (χ4n) is 3.72. The Labute approximate surface area is 193 Å². The average molecular weight is 455 g/mol. The van der Waals surface area contributed by atoms with E-state index in [1.54, 1.807) is 47.1 Å². The molecule has 9 heteroatoms. The fourth-order valence-corrected chi connectivity index (χ4v) is 4.40. The number of carbonyl (C=O) groups is 3. The molecule has 1 aromatic heterocycles. The van der Waals surface area contributed by atoms with Crippen molar-refractivity contribution in [2.24, 2.45) is 0 Å². The van der Waals surface area contributed by atoms with Crippen molar-refractivity contribution in [3.8, 4) is 0 Å². The van der Waals surface area contributed by atoms with Gasteiger partial charge in [0.1, 0.15) is 0 Å². The first kappa shape index (κ1) is 20.8. The molecule has 8 nitrogen and oxygen atoms in total. The molecule has 0 unspecified atom stereocenters. The number of carbonyl (C=O) groups excluding carboxylic acids is 3. The van der Waals surface area contributed by atoms with Crippen molar-refractivity contribution in [1.29, 1.82) is 0 Å². The minimum Gasteiger partial charge on any atom is -0.325 e. The van der Waals surface area contributed by atoms with Crippen molar-refractivity contribution in [3.63, 3.8) is 0 Å². The van der Waals surface area contributed by atoms with Gasteiger partial charge in [-0.05, 0) is 22.1 Å². The minimum absolute atomic E-state index is 0.0392. The highest BCUT2D eigenvalue weighted by Gasteiger charge is 2.31. The van der Waals surface area contributed by atoms with E-state index in [4.69, 9.17) is 0 Å². The lowest BCUT2D eigenvalue weighted by Gasteiger charge is -2.20. The van der Waals surface area contributed by atoms with Gasteiger partial charge in [-0.1, -0.05) is 78.5 Å². The van der Waals surface area contributed by atoms with Gasteiger partial charge >= 0.3 is 0 Å². The Morgan fingerprint density at radius 3 is 2.33 bits per heavy atom. The third-order valence-electron chi connectivity index (χ3n) is 5.23. The molecular formula is C24H17N5O3S. The number of thioether (sulfide) groups is 1. The number of fused-ring (bicyclic) bond motifs is 2. The summed E-state index contributed by atoms with van der Waals surface area (Å²) in [5.74, 6) is -0.805. The molecule has 0 atom stereocenters. The maximum absolute atomic E-state index is 13.1. The smallest absolute Gasteiger partial charge is 0.234 e. The van der Waals surface area contributed by atoms with Crippen LogP contribution in [0.4, 0.5) is 5.69 Å². The fraction of sp³-hybridized carbons (Fsp3) is 0.0833. The molecule has 4 aromatic rings. The number of hydrogen-bond acceptors (Lipinski definition) is 7. The molecule has 0 aliphatic heterocycles. The normalized spacial score (nSPS) is 12.2. The molecular weight excluding hydrogens is 438 g/mol. The maximum Gasteiger partial charge on any atom is 0.234 e. The number of amides is 1. The first-order chi connectivity index (χ1) is 16.1. The molecule has 1 heterocycles. The average Bonchev–Trinajstić information content (AvgIpc) is 3.28. The monoisotopic (exact) mass is 455 g/mol. The lowest BCUT2D eigenvalue weighted by molar-refractivity contribution is -0.113. The number of rotatable bonds is 6. The Bertz CT molecular complexity index is 1380. The second-order valence-corrected chi connectivity index (χ2v) is 8.32. The molecule has 0 fully saturated rings. The number of hydrogen-bond donors (Lipinski definition) is 1. The van der Waals surface area contributed by atoms with E-state index in [1.807, 2.05) is 30.3 Å². The van der Waals surface area contributed by atoms with E-state index in [0.29, 0.717) is 28.5 Å². The van der Waals surface area contributed by atoms with Gasteiger partial charge in [-0.2, -0.15) is 0 Å². The van der Waals surface area contributed by atoms with Crippen LogP contribution in [0.25, 0.3) is 0 Å². The van der Waals surface area contributed by atoms with E-state index in [0.717, 1.165) is 5.56 Å². The molecule has 0 spiro atoms. The standard InChI is InChI=1S/C24H17N5O3S/c30-20(14-33-24-26-27-28-29(24)13-15-7-2-1-3-8-15)25-19-12-6-11-18-21(19)23(32)17-10-5-4-9-16(17)22(18)31/h1-12H,13-14H2,(H,25,30). The van der Waals surface area contributed by atoms with Crippen LogP contribution in [-0.4, -0.2) is 43.4 Å². The van der Waals surface area contributed by atoms with Crippen LogP contribution in [0.5, 0.6) is 0 Å². The summed E-state index contributed by atoms with van der Waals surface area (Å²) < 4.78 is 1.62. The van der Waals surface area contributed by atoms with E-state index in [1.165, 1.54) is 11.8 Å². The number of aromatic nitrogens is 4. The van der Waals surface area contributed by atoms with Crippen LogP contribution in [-0.2, 0) is 11.3 Å². The van der Waals surface area contributed by atoms with Gasteiger partial charge in [-0.3, -0.25) is 14.4 Å². The zero-order chi connectivity index (χ0) is 22.8. The maximum atomic E-state index is 13.1. The summed E-state index contributed by atoms with van der Waals surface area (Å²) in [5, 5.41) is 15.0. The van der Waals surface area contributed by atoms with Crippen molar-refractivity contribution in [2.75, 3.05) is 11.1 Å². The molecule has 162 valence electrons. The van der Waals surface area contributed by atoms with E-state index < -0.39 is 0 Å². The van der Waals surface area contributed by atoms with Gasteiger partial charge in [-0.25, -0.2) is 4.68 Å². The quantitative estimate of drug-likeness (QED) is 0.392. The van der Waals surface area contributed by atoms with E-state index in [2.05, 4.69) is 20.8 Å². The third-order valence-corrected chi connectivity index (χ3v) is 6.19. The summed E-state index contributed by atoms with van der Waals surface area (Å²) in [7, 11) is 0. The lowest BCUT2D eigenvalue weighted by atomic mass is 9.83. The van der Waals surface area contributed by atoms with Gasteiger partial charge in [0.2, 0.25) is 11.1 Å². The van der Waals surface area contributed by atoms with E-state index in [9.17, 15) is 14.4 Å². The van der Waals surface area contributed by atoms with Gasteiger partial charge in [0.15, 0.2) is 11.6 Å². The number of nitrogens with zero attached hydrogens (tertiary/aromatic N) is 4. The van der Waals surface area contributed by atoms with E-state index in [-0.39, 0.29) is 34.4 Å². The molecule has 1 aliphatic carbocycles. The number of benzene rings is 3. The predicted molar refractivity (Wildman–Crippen MR) is 122 cm³/mol. The highest BCUT2D eigenvalue weighted by Crippen LogP contribution is 2.32. The van der Waals surface area contributed by atoms with Gasteiger partial charge in [-0.15, -0.1) is 5.10 Å². The molecule has 1 amide bonds. The summed E-state index contributed by atoms with van der Waals surface area (Å²) in [5.41, 5.74) is 2.57. The van der Waals surface area contributed by atoms with Crippen LogP contribution in [0, 0.1) is 0 Å². The second-order valence-electron chi connectivity index (χ2n) is 7.37. The Balaban J connectivity index is 1.31. The van der Waals surface area contributed by atoms with Gasteiger partial charge < -0.3 is 5.32 Å². The first-order valence-corrected chi connectivity index (χ1v) is 11.1. The molecule has 3 aromatic carbocycles. The van der Waals surface area contributed by atoms with Crippen molar-refractivity contribution < 1.29 is 14.4 Å². The highest BCUT2D eigenvalue weighted by molar-refractivity contribution is 7.99. The Morgan fingerprint density at radius 2 is 1.55 bits per heavy atom. The summed E-state index contributed by atoms with van der Waals surface area (Å²) in [6, 6.07) is 21.3. The third kappa shape index (κ3) is 4.06. The van der Waals surface area contributed by atoms with E-state index >= 15 is 0 Å². The first-order valence-electron chi connectivity index (χ1n) is 10.2. The van der Waals surface area contributed by atoms with Crippen molar-refractivity contribution in [2.45, 2.75) is 11.7 Å². The van der Waals surface area contributed by atoms with Crippen molar-refractivity contribution in [1.82, 2.24) is 20.2 Å². The summed E-state index contributed by atoms with van der Waals surface area (Å²) in [6.07, 6.45) is 0. The number of anilines is 1. The molecule has 0 radical (unpaired) electrons. The molecule has 1 N–H and O–H groups in total. The van der Waals surface area contributed by atoms with Gasteiger partial charge in [0.25, 0.3) is 0 Å². The van der Waals surface area contributed by atoms with Gasteiger partial charge in [0, 0.05) is 16.7 Å². The van der Waals surface area contributed by atoms with Crippen LogP contribution in [0.3, 0.4) is 0 Å². The Morgan fingerprint density at radius 1 is 0.848 bits per heavy atom. The largest absolute Gasteiger partial charge is 0.325 e. The number of tetrazole rings is 1. The Kier molecular flexibility index (Phi) is 5.54. The van der Waals surface area contributed by atoms with Crippen molar-refractivity contribution >= 4 is 34.9 Å². The second kappa shape index (κ2) is 8.79. The minimum atomic E-state index is -0.332. The number of nitrogens with one attached hydrogen (secondary N) is 1. The van der Waals surface area contributed by atoms with Gasteiger partial charge in [0.05, 0.1) is 23.5 Å². The summed E-state index contributed by atoms with van der Waals surface area (Å²) in [6.45, 7) is 0.486. The molecule has 1 aliphatic rings. The number of ketones is 2. The molecule has 5 rings (SSSR count). The molecule has 33 heavy (non-hydrogen) atoms. The summed E-state index contributed by atoms with van der Waals surface area (Å²) in [4.78, 5) is 38.6. The lowest BCUT2D eigenvalue weighted by Crippen LogP contribution is -2.24. The van der Waals surface area contributed by atoms with Crippen LogP contribution in [0.1, 0.15) is 37.4 Å². The van der Waals surface area contributed by atoms with Crippen molar-refractivity contribution in [3.05, 3.63) is 101 Å². The molecule has 0 saturated heterocycles. The zero-order valence-corrected chi connectivity index (χ0v) is 18.1. The van der Waals surface area contributed by atoms with Crippen LogP contribution >= 0.6 is 11.8 Å². The molecule has 0 bridgehead atoms. The topological polar surface area (TPSA) is 107 Å². The zero-order valence-electron chi connectivity index (χ0n) is 17.3. The SMILES string of the molecule is O=C(CSc1nnnn1Cc1ccccc1)Nc1cccc2c1C(=O)c1ccccc1C2=O. The van der Waals surface area contributed by atoms with Crippen LogP contribution < -0.4 is 5.32 Å². The van der Waals surface area contributed by atoms with Crippen LogP contribution in [0.2, 0.25) is 0 Å². The van der Waals surface area contributed by atoms with Crippen LogP contribution in [0.15, 0.2) is 78.0 Å². The highest BCUT2D eigenvalue weighted by atomic mass is 32.2. The summed E-state index contributed by atoms with van der Waals surface area (Å²) >= 11 is 1.19. The molecule has 0 saturated carbocycles. The predicted octanol–water partition coefficient (Wildman–Crippen LogP) is 3.23. The Hall–Kier alpha value is -4.11.